The van der Waals surface area contributed by atoms with Crippen LogP contribution in [0.4, 0.5) is 0 Å². The summed E-state index contributed by atoms with van der Waals surface area (Å²) in [6.07, 6.45) is 1.72. The lowest BCUT2D eigenvalue weighted by Crippen LogP contribution is -1.99. The molecule has 29 heavy (non-hydrogen) atoms. The molecule has 146 valence electrons. The van der Waals surface area contributed by atoms with Crippen LogP contribution >= 0.6 is 0 Å². The Morgan fingerprint density at radius 3 is 2.45 bits per heavy atom. The van der Waals surface area contributed by atoms with Crippen molar-refractivity contribution in [2.45, 2.75) is 26.5 Å². The number of aromatic carboxylic acids is 1. The van der Waals surface area contributed by atoms with Crippen LogP contribution in [0.3, 0.4) is 0 Å². The molecule has 0 saturated heterocycles. The van der Waals surface area contributed by atoms with Crippen LogP contribution in [0.2, 0.25) is 0 Å². The Balaban J connectivity index is 1.67. The highest BCUT2D eigenvalue weighted by Crippen LogP contribution is 2.31. The van der Waals surface area contributed by atoms with Crippen molar-refractivity contribution in [3.8, 4) is 16.9 Å². The number of carboxylic acids is 1. The Morgan fingerprint density at radius 1 is 0.966 bits per heavy atom. The third-order valence-corrected chi connectivity index (χ3v) is 5.04. The molecule has 1 N–H and O–H groups in total. The highest BCUT2D eigenvalue weighted by atomic mass is 16.5. The average Bonchev–Trinajstić information content (AvgIpc) is 3.13. The SMILES string of the molecule is CC(C)n1cc(C(=O)O)c2ccc(-c3cccc(OCc4ccccc4)c3)cc21. The molecule has 0 bridgehead atoms. The quantitative estimate of drug-likeness (QED) is 0.432. The number of rotatable bonds is 6. The van der Waals surface area contributed by atoms with Crippen molar-refractivity contribution in [2.75, 3.05) is 0 Å². The first-order valence-corrected chi connectivity index (χ1v) is 9.68. The topological polar surface area (TPSA) is 51.5 Å². The Morgan fingerprint density at radius 2 is 1.72 bits per heavy atom. The highest BCUT2D eigenvalue weighted by molar-refractivity contribution is 6.04. The maximum Gasteiger partial charge on any atom is 0.337 e. The molecule has 1 aromatic heterocycles. The fourth-order valence-electron chi connectivity index (χ4n) is 3.53. The number of carbonyl (C=O) groups is 1. The molecule has 0 spiro atoms. The van der Waals surface area contributed by atoms with Crippen molar-refractivity contribution < 1.29 is 14.6 Å². The molecule has 4 rings (SSSR count). The molecule has 0 fully saturated rings. The van der Waals surface area contributed by atoms with E-state index >= 15 is 0 Å². The van der Waals surface area contributed by atoms with Crippen LogP contribution < -0.4 is 4.74 Å². The van der Waals surface area contributed by atoms with Crippen LogP contribution in [0, 0.1) is 0 Å². The van der Waals surface area contributed by atoms with Gasteiger partial charge in [-0.1, -0.05) is 54.6 Å². The second-order valence-corrected chi connectivity index (χ2v) is 7.38. The first kappa shape index (κ1) is 18.8. The van der Waals surface area contributed by atoms with E-state index in [1.54, 1.807) is 6.20 Å². The molecular formula is C25H23NO3. The summed E-state index contributed by atoms with van der Waals surface area (Å²) in [5, 5.41) is 10.3. The lowest BCUT2D eigenvalue weighted by molar-refractivity contribution is 0.0698. The van der Waals surface area contributed by atoms with Gasteiger partial charge in [0.1, 0.15) is 12.4 Å². The largest absolute Gasteiger partial charge is 0.489 e. The Hall–Kier alpha value is -3.53. The summed E-state index contributed by atoms with van der Waals surface area (Å²) in [7, 11) is 0. The predicted octanol–water partition coefficient (Wildman–Crippen LogP) is 6.17. The second-order valence-electron chi connectivity index (χ2n) is 7.38. The molecule has 0 aliphatic heterocycles. The van der Waals surface area contributed by atoms with E-state index in [4.69, 9.17) is 4.74 Å². The molecule has 4 heteroatoms. The monoisotopic (exact) mass is 385 g/mol. The summed E-state index contributed by atoms with van der Waals surface area (Å²) < 4.78 is 7.97. The zero-order valence-corrected chi connectivity index (χ0v) is 16.5. The van der Waals surface area contributed by atoms with Crippen molar-refractivity contribution in [1.29, 1.82) is 0 Å². The third-order valence-electron chi connectivity index (χ3n) is 5.04. The van der Waals surface area contributed by atoms with E-state index in [0.29, 0.717) is 12.2 Å². The van der Waals surface area contributed by atoms with Gasteiger partial charge in [0, 0.05) is 23.1 Å². The number of fused-ring (bicyclic) bond motifs is 1. The van der Waals surface area contributed by atoms with Gasteiger partial charge in [-0.2, -0.15) is 0 Å². The molecule has 3 aromatic carbocycles. The van der Waals surface area contributed by atoms with Crippen molar-refractivity contribution >= 4 is 16.9 Å². The van der Waals surface area contributed by atoms with Gasteiger partial charge in [-0.15, -0.1) is 0 Å². The van der Waals surface area contributed by atoms with Gasteiger partial charge in [-0.05, 0) is 48.7 Å². The van der Waals surface area contributed by atoms with Crippen LogP contribution in [-0.2, 0) is 6.61 Å². The number of carboxylic acid groups (broad SMARTS) is 1. The third kappa shape index (κ3) is 3.87. The molecule has 0 radical (unpaired) electrons. The zero-order valence-electron chi connectivity index (χ0n) is 16.5. The fraction of sp³-hybridized carbons (Fsp3) is 0.160. The number of aromatic nitrogens is 1. The molecule has 0 aliphatic carbocycles. The van der Waals surface area contributed by atoms with Gasteiger partial charge >= 0.3 is 5.97 Å². The van der Waals surface area contributed by atoms with Gasteiger partial charge < -0.3 is 14.4 Å². The average molecular weight is 385 g/mol. The van der Waals surface area contributed by atoms with E-state index in [-0.39, 0.29) is 6.04 Å². The van der Waals surface area contributed by atoms with Crippen molar-refractivity contribution in [1.82, 2.24) is 4.57 Å². The number of hydrogen-bond donors (Lipinski definition) is 1. The summed E-state index contributed by atoms with van der Waals surface area (Å²) in [6, 6.07) is 24.1. The minimum absolute atomic E-state index is 0.168. The first-order valence-electron chi connectivity index (χ1n) is 9.68. The molecule has 0 unspecified atom stereocenters. The van der Waals surface area contributed by atoms with E-state index in [1.165, 1.54) is 0 Å². The molecule has 1 heterocycles. The van der Waals surface area contributed by atoms with Gasteiger partial charge in [-0.25, -0.2) is 4.79 Å². The molecule has 0 atom stereocenters. The number of benzene rings is 3. The van der Waals surface area contributed by atoms with E-state index < -0.39 is 5.97 Å². The molecule has 0 amide bonds. The van der Waals surface area contributed by atoms with Gasteiger partial charge in [0.2, 0.25) is 0 Å². The summed E-state index contributed by atoms with van der Waals surface area (Å²) in [5.74, 6) is -0.102. The van der Waals surface area contributed by atoms with Crippen LogP contribution in [0.5, 0.6) is 5.75 Å². The summed E-state index contributed by atoms with van der Waals surface area (Å²) >= 11 is 0. The molecule has 4 nitrogen and oxygen atoms in total. The van der Waals surface area contributed by atoms with E-state index in [0.717, 1.165) is 33.3 Å². The lowest BCUT2D eigenvalue weighted by Gasteiger charge is -2.11. The van der Waals surface area contributed by atoms with E-state index in [1.807, 2.05) is 71.3 Å². The van der Waals surface area contributed by atoms with Gasteiger partial charge in [0.05, 0.1) is 5.56 Å². The molecule has 0 aliphatic rings. The minimum atomic E-state index is -0.904. The summed E-state index contributed by atoms with van der Waals surface area (Å²) in [4.78, 5) is 11.6. The Labute approximate surface area is 170 Å². The Bertz CT molecular complexity index is 1160. The molecular weight excluding hydrogens is 362 g/mol. The number of ether oxygens (including phenoxy) is 1. The van der Waals surface area contributed by atoms with E-state index in [9.17, 15) is 9.90 Å². The standard InChI is InChI=1S/C25H23NO3/c1-17(2)26-15-23(25(27)28)22-12-11-20(14-24(22)26)19-9-6-10-21(13-19)29-16-18-7-4-3-5-8-18/h3-15,17H,16H2,1-2H3,(H,27,28). The minimum Gasteiger partial charge on any atom is -0.489 e. The smallest absolute Gasteiger partial charge is 0.337 e. The summed E-state index contributed by atoms with van der Waals surface area (Å²) in [6.45, 7) is 4.62. The van der Waals surface area contributed by atoms with Gasteiger partial charge in [-0.3, -0.25) is 0 Å². The Kier molecular flexibility index (Phi) is 5.09. The van der Waals surface area contributed by atoms with Crippen molar-refractivity contribution in [2.24, 2.45) is 0 Å². The van der Waals surface area contributed by atoms with Crippen LogP contribution in [0.25, 0.3) is 22.0 Å². The maximum atomic E-state index is 11.6. The highest BCUT2D eigenvalue weighted by Gasteiger charge is 2.16. The van der Waals surface area contributed by atoms with Crippen molar-refractivity contribution in [3.05, 3.63) is 90.1 Å². The number of nitrogens with zero attached hydrogens (tertiary/aromatic N) is 1. The molecule has 0 saturated carbocycles. The lowest BCUT2D eigenvalue weighted by atomic mass is 10.0. The second kappa shape index (κ2) is 7.84. The van der Waals surface area contributed by atoms with Crippen LogP contribution in [0.1, 0.15) is 35.8 Å². The van der Waals surface area contributed by atoms with E-state index in [2.05, 4.69) is 19.9 Å². The first-order chi connectivity index (χ1) is 14.0. The van der Waals surface area contributed by atoms with Crippen molar-refractivity contribution in [3.63, 3.8) is 0 Å². The van der Waals surface area contributed by atoms with Crippen LogP contribution in [-0.4, -0.2) is 15.6 Å². The predicted molar refractivity (Wildman–Crippen MR) is 115 cm³/mol. The summed E-state index contributed by atoms with van der Waals surface area (Å²) in [5.41, 5.74) is 4.44. The normalized spacial score (nSPS) is 11.1. The maximum absolute atomic E-state index is 11.6. The number of hydrogen-bond acceptors (Lipinski definition) is 2. The zero-order chi connectivity index (χ0) is 20.4. The van der Waals surface area contributed by atoms with Gasteiger partial charge in [0.15, 0.2) is 0 Å². The molecule has 4 aromatic rings. The van der Waals surface area contributed by atoms with Gasteiger partial charge in [0.25, 0.3) is 0 Å². The fourth-order valence-corrected chi connectivity index (χ4v) is 3.53. The van der Waals surface area contributed by atoms with Crippen LogP contribution in [0.15, 0.2) is 79.0 Å².